The molecule has 0 spiro atoms. The summed E-state index contributed by atoms with van der Waals surface area (Å²) in [4.78, 5) is 18.1. The molecule has 5 nitrogen and oxygen atoms in total. The van der Waals surface area contributed by atoms with Gasteiger partial charge in [0.2, 0.25) is 11.8 Å². The highest BCUT2D eigenvalue weighted by Crippen LogP contribution is 2.31. The highest BCUT2D eigenvalue weighted by molar-refractivity contribution is 5.77. The SMILES string of the molecule is CC(C)c1noc([C@H]2CCC(=O)N(Cc3cccc(C(F)(F)F)c3)C2)n1. The molecule has 1 aliphatic heterocycles. The van der Waals surface area contributed by atoms with Crippen LogP contribution in [0.25, 0.3) is 0 Å². The minimum Gasteiger partial charge on any atom is -0.339 e. The summed E-state index contributed by atoms with van der Waals surface area (Å²) < 4.78 is 43.9. The first-order valence-corrected chi connectivity index (χ1v) is 8.51. The van der Waals surface area contributed by atoms with Gasteiger partial charge in [-0.3, -0.25) is 4.79 Å². The summed E-state index contributed by atoms with van der Waals surface area (Å²) in [6.07, 6.45) is -3.50. The topological polar surface area (TPSA) is 59.2 Å². The number of amides is 1. The number of likely N-dealkylation sites (tertiary alicyclic amines) is 1. The van der Waals surface area contributed by atoms with Crippen molar-refractivity contribution in [1.82, 2.24) is 15.0 Å². The molecule has 26 heavy (non-hydrogen) atoms. The monoisotopic (exact) mass is 367 g/mol. The van der Waals surface area contributed by atoms with Crippen molar-refractivity contribution in [3.8, 4) is 0 Å². The lowest BCUT2D eigenvalue weighted by atomic mass is 9.96. The first-order valence-electron chi connectivity index (χ1n) is 8.51. The normalized spacial score (nSPS) is 18.6. The van der Waals surface area contributed by atoms with Crippen LogP contribution in [0.3, 0.4) is 0 Å². The van der Waals surface area contributed by atoms with Gasteiger partial charge in [-0.1, -0.05) is 31.1 Å². The number of benzene rings is 1. The van der Waals surface area contributed by atoms with Crippen molar-refractivity contribution in [3.63, 3.8) is 0 Å². The Morgan fingerprint density at radius 3 is 2.77 bits per heavy atom. The zero-order chi connectivity index (χ0) is 18.9. The maximum absolute atomic E-state index is 12.9. The Bertz CT molecular complexity index is 786. The van der Waals surface area contributed by atoms with Crippen LogP contribution in [0.4, 0.5) is 13.2 Å². The summed E-state index contributed by atoms with van der Waals surface area (Å²) in [5.74, 6) is 1.05. The van der Waals surface area contributed by atoms with Crippen LogP contribution in [0.15, 0.2) is 28.8 Å². The number of nitrogens with zero attached hydrogens (tertiary/aromatic N) is 3. The van der Waals surface area contributed by atoms with Crippen LogP contribution >= 0.6 is 0 Å². The average molecular weight is 367 g/mol. The van der Waals surface area contributed by atoms with E-state index in [-0.39, 0.29) is 24.3 Å². The van der Waals surface area contributed by atoms with Gasteiger partial charge in [-0.2, -0.15) is 18.2 Å². The van der Waals surface area contributed by atoms with Crippen LogP contribution in [-0.4, -0.2) is 27.5 Å². The van der Waals surface area contributed by atoms with Crippen LogP contribution in [0.2, 0.25) is 0 Å². The zero-order valence-electron chi connectivity index (χ0n) is 14.6. The number of rotatable bonds is 4. The summed E-state index contributed by atoms with van der Waals surface area (Å²) in [5.41, 5.74) is -0.267. The van der Waals surface area contributed by atoms with Gasteiger partial charge in [0.25, 0.3) is 0 Å². The molecular formula is C18H20F3N3O2. The van der Waals surface area contributed by atoms with Gasteiger partial charge in [-0.25, -0.2) is 0 Å². The molecule has 0 aliphatic carbocycles. The molecule has 0 saturated carbocycles. The number of halogens is 3. The van der Waals surface area contributed by atoms with E-state index in [1.807, 2.05) is 13.8 Å². The van der Waals surface area contributed by atoms with Crippen molar-refractivity contribution in [2.75, 3.05) is 6.54 Å². The first kappa shape index (κ1) is 18.4. The predicted molar refractivity (Wildman–Crippen MR) is 87.2 cm³/mol. The Labute approximate surface area is 149 Å². The molecule has 1 amide bonds. The largest absolute Gasteiger partial charge is 0.416 e. The van der Waals surface area contributed by atoms with E-state index in [2.05, 4.69) is 10.1 Å². The van der Waals surface area contributed by atoms with Gasteiger partial charge in [0.15, 0.2) is 5.82 Å². The molecule has 1 aliphatic rings. The van der Waals surface area contributed by atoms with E-state index in [9.17, 15) is 18.0 Å². The fourth-order valence-corrected chi connectivity index (χ4v) is 2.98. The third-order valence-corrected chi connectivity index (χ3v) is 4.45. The minimum atomic E-state index is -4.40. The molecule has 2 heterocycles. The molecule has 1 aromatic carbocycles. The predicted octanol–water partition coefficient (Wildman–Crippen LogP) is 4.12. The molecule has 3 rings (SSSR count). The molecule has 1 saturated heterocycles. The third kappa shape index (κ3) is 4.05. The molecule has 0 unspecified atom stereocenters. The second kappa shape index (κ2) is 7.09. The second-order valence-electron chi connectivity index (χ2n) is 6.85. The lowest BCUT2D eigenvalue weighted by Crippen LogP contribution is -2.38. The lowest BCUT2D eigenvalue weighted by Gasteiger charge is -2.31. The maximum atomic E-state index is 12.9. The van der Waals surface area contributed by atoms with E-state index in [0.29, 0.717) is 36.7 Å². The number of piperidine rings is 1. The van der Waals surface area contributed by atoms with Crippen molar-refractivity contribution in [1.29, 1.82) is 0 Å². The summed E-state index contributed by atoms with van der Waals surface area (Å²) in [6, 6.07) is 5.06. The Morgan fingerprint density at radius 1 is 1.35 bits per heavy atom. The van der Waals surface area contributed by atoms with Gasteiger partial charge in [0.1, 0.15) is 0 Å². The molecule has 1 fully saturated rings. The fourth-order valence-electron chi connectivity index (χ4n) is 2.98. The van der Waals surface area contributed by atoms with Gasteiger partial charge in [-0.05, 0) is 24.1 Å². The minimum absolute atomic E-state index is 0.0812. The third-order valence-electron chi connectivity index (χ3n) is 4.45. The van der Waals surface area contributed by atoms with E-state index in [1.54, 1.807) is 11.0 Å². The Kier molecular flexibility index (Phi) is 5.02. The molecule has 2 aromatic rings. The Hall–Kier alpha value is -2.38. The van der Waals surface area contributed by atoms with Crippen molar-refractivity contribution in [3.05, 3.63) is 47.1 Å². The molecule has 0 radical (unpaired) electrons. The standard InChI is InChI=1S/C18H20F3N3O2/c1-11(2)16-22-17(26-23-16)13-6-7-15(25)24(10-13)9-12-4-3-5-14(8-12)18(19,20)21/h3-5,8,11,13H,6-7,9-10H2,1-2H3/t13-/m0/s1. The number of carbonyl (C=O) groups is 1. The van der Waals surface area contributed by atoms with E-state index < -0.39 is 11.7 Å². The van der Waals surface area contributed by atoms with Crippen LogP contribution in [0.1, 0.15) is 61.4 Å². The van der Waals surface area contributed by atoms with Crippen LogP contribution in [-0.2, 0) is 17.5 Å². The van der Waals surface area contributed by atoms with E-state index in [1.165, 1.54) is 6.07 Å². The van der Waals surface area contributed by atoms with Crippen LogP contribution in [0, 0.1) is 0 Å². The number of aromatic nitrogens is 2. The fraction of sp³-hybridized carbons (Fsp3) is 0.500. The van der Waals surface area contributed by atoms with Crippen molar-refractivity contribution in [2.24, 2.45) is 0 Å². The molecule has 1 atom stereocenters. The van der Waals surface area contributed by atoms with E-state index in [4.69, 9.17) is 4.52 Å². The van der Waals surface area contributed by atoms with Gasteiger partial charge in [-0.15, -0.1) is 0 Å². The maximum Gasteiger partial charge on any atom is 0.416 e. The molecule has 1 aromatic heterocycles. The van der Waals surface area contributed by atoms with Crippen LogP contribution < -0.4 is 0 Å². The average Bonchev–Trinajstić information content (AvgIpc) is 3.07. The smallest absolute Gasteiger partial charge is 0.339 e. The molecule has 0 bridgehead atoms. The molecular weight excluding hydrogens is 347 g/mol. The molecule has 8 heteroatoms. The molecule has 0 N–H and O–H groups in total. The van der Waals surface area contributed by atoms with Gasteiger partial charge < -0.3 is 9.42 Å². The van der Waals surface area contributed by atoms with Crippen LogP contribution in [0.5, 0.6) is 0 Å². The Morgan fingerprint density at radius 2 is 2.12 bits per heavy atom. The quantitative estimate of drug-likeness (QED) is 0.816. The number of alkyl halides is 3. The highest BCUT2D eigenvalue weighted by atomic mass is 19.4. The summed E-state index contributed by atoms with van der Waals surface area (Å²) >= 11 is 0. The second-order valence-corrected chi connectivity index (χ2v) is 6.85. The number of hydrogen-bond acceptors (Lipinski definition) is 4. The number of carbonyl (C=O) groups excluding carboxylic acids is 1. The molecule has 140 valence electrons. The number of hydrogen-bond donors (Lipinski definition) is 0. The van der Waals surface area contributed by atoms with Crippen molar-refractivity contribution in [2.45, 2.75) is 51.2 Å². The summed E-state index contributed by atoms with van der Waals surface area (Å²) in [6.45, 7) is 4.40. The van der Waals surface area contributed by atoms with E-state index in [0.717, 1.165) is 12.1 Å². The summed E-state index contributed by atoms with van der Waals surface area (Å²) in [7, 11) is 0. The van der Waals surface area contributed by atoms with Gasteiger partial charge >= 0.3 is 6.18 Å². The Balaban J connectivity index is 1.74. The summed E-state index contributed by atoms with van der Waals surface area (Å²) in [5, 5.41) is 3.94. The van der Waals surface area contributed by atoms with E-state index >= 15 is 0 Å². The highest BCUT2D eigenvalue weighted by Gasteiger charge is 2.32. The lowest BCUT2D eigenvalue weighted by molar-refractivity contribution is -0.137. The van der Waals surface area contributed by atoms with Gasteiger partial charge in [0.05, 0.1) is 11.5 Å². The van der Waals surface area contributed by atoms with Gasteiger partial charge in [0, 0.05) is 25.4 Å². The van der Waals surface area contributed by atoms with Crippen molar-refractivity contribution < 1.29 is 22.5 Å². The first-order chi connectivity index (χ1) is 12.2. The van der Waals surface area contributed by atoms with Crippen molar-refractivity contribution >= 4 is 5.91 Å². The zero-order valence-corrected chi connectivity index (χ0v) is 14.6.